The smallest absolute Gasteiger partial charge is 0.207 e. The number of para-hydroxylation sites is 1. The van der Waals surface area contributed by atoms with Crippen LogP contribution >= 0.6 is 31.9 Å². The first-order chi connectivity index (χ1) is 8.61. The number of aromatic nitrogens is 2. The molecule has 0 unspecified atom stereocenters. The molecule has 1 aromatic carbocycles. The molecule has 1 N–H and O–H groups in total. The number of halogens is 2. The predicted octanol–water partition coefficient (Wildman–Crippen LogP) is 4.65. The maximum absolute atomic E-state index is 4.47. The maximum atomic E-state index is 4.47. The second-order valence-electron chi connectivity index (χ2n) is 3.87. The second-order valence-corrected chi connectivity index (χ2v) is 5.58. The van der Waals surface area contributed by atoms with E-state index in [-0.39, 0.29) is 0 Å². The molecule has 0 fully saturated rings. The van der Waals surface area contributed by atoms with E-state index in [0.717, 1.165) is 32.8 Å². The average Bonchev–Trinajstić information content (AvgIpc) is 2.65. The van der Waals surface area contributed by atoms with E-state index in [9.17, 15) is 0 Å². The van der Waals surface area contributed by atoms with Crippen molar-refractivity contribution < 1.29 is 0 Å². The number of anilines is 2. The van der Waals surface area contributed by atoms with Crippen molar-refractivity contribution in [2.45, 2.75) is 13.5 Å². The minimum absolute atomic E-state index is 0.727. The van der Waals surface area contributed by atoms with E-state index in [1.54, 1.807) is 0 Å². The third-order valence-electron chi connectivity index (χ3n) is 2.42. The molecule has 0 saturated heterocycles. The third-order valence-corrected chi connectivity index (χ3v) is 3.74. The molecule has 0 radical (unpaired) electrons. The van der Waals surface area contributed by atoms with Crippen LogP contribution in [0.1, 0.15) is 5.69 Å². The molecule has 94 valence electrons. The first-order valence-corrected chi connectivity index (χ1v) is 7.06. The zero-order valence-electron chi connectivity index (χ0n) is 9.95. The van der Waals surface area contributed by atoms with Gasteiger partial charge in [0.05, 0.1) is 11.4 Å². The first-order valence-electron chi connectivity index (χ1n) is 5.47. The summed E-state index contributed by atoms with van der Waals surface area (Å²) in [7, 11) is 0. The summed E-state index contributed by atoms with van der Waals surface area (Å²) in [4.78, 5) is 4.47. The Morgan fingerprint density at radius 2 is 2.06 bits per heavy atom. The monoisotopic (exact) mass is 369 g/mol. The largest absolute Gasteiger partial charge is 0.324 e. The van der Waals surface area contributed by atoms with Gasteiger partial charge in [0.1, 0.15) is 0 Å². The molecule has 1 aromatic heterocycles. The molecule has 1 heterocycles. The number of hydrogen-bond acceptors (Lipinski definition) is 2. The quantitative estimate of drug-likeness (QED) is 0.794. The van der Waals surface area contributed by atoms with E-state index >= 15 is 0 Å². The average molecular weight is 371 g/mol. The number of aryl methyl sites for hydroxylation is 1. The molecule has 0 aliphatic rings. The van der Waals surface area contributed by atoms with Crippen LogP contribution in [0.4, 0.5) is 11.6 Å². The number of imidazole rings is 1. The van der Waals surface area contributed by atoms with Gasteiger partial charge in [0.15, 0.2) is 0 Å². The van der Waals surface area contributed by atoms with E-state index in [0.29, 0.717) is 0 Å². The minimum atomic E-state index is 0.727. The molecule has 0 atom stereocenters. The topological polar surface area (TPSA) is 29.9 Å². The fourth-order valence-corrected chi connectivity index (χ4v) is 2.85. The van der Waals surface area contributed by atoms with E-state index in [1.165, 1.54) is 0 Å². The number of nitrogens with zero attached hydrogens (tertiary/aromatic N) is 2. The molecule has 18 heavy (non-hydrogen) atoms. The van der Waals surface area contributed by atoms with Crippen LogP contribution in [0.5, 0.6) is 0 Å². The van der Waals surface area contributed by atoms with Crippen molar-refractivity contribution in [2.75, 3.05) is 5.32 Å². The van der Waals surface area contributed by atoms with Crippen molar-refractivity contribution in [1.29, 1.82) is 0 Å². The number of hydrogen-bond donors (Lipinski definition) is 1. The SMILES string of the molecule is C=CCn1cc(C)nc1Nc1c(Br)cccc1Br. The van der Waals surface area contributed by atoms with Gasteiger partial charge in [-0.2, -0.15) is 0 Å². The van der Waals surface area contributed by atoms with Crippen LogP contribution in [0.3, 0.4) is 0 Å². The Kier molecular flexibility index (Phi) is 4.24. The lowest BCUT2D eigenvalue weighted by Gasteiger charge is -2.11. The molecule has 0 aliphatic carbocycles. The van der Waals surface area contributed by atoms with Gasteiger partial charge in [0, 0.05) is 21.7 Å². The summed E-state index contributed by atoms with van der Waals surface area (Å²) in [6, 6.07) is 5.95. The molecule has 0 bridgehead atoms. The lowest BCUT2D eigenvalue weighted by Crippen LogP contribution is -2.02. The van der Waals surface area contributed by atoms with Gasteiger partial charge >= 0.3 is 0 Å². The summed E-state index contributed by atoms with van der Waals surface area (Å²) >= 11 is 7.05. The standard InChI is InChI=1S/C13H13Br2N3/c1-3-7-18-8-9(2)16-13(18)17-12-10(14)5-4-6-11(12)15/h3-6,8H,1,7H2,2H3,(H,16,17). The Bertz CT molecular complexity index is 555. The molecular weight excluding hydrogens is 358 g/mol. The molecule has 0 aliphatic heterocycles. The van der Waals surface area contributed by atoms with E-state index in [1.807, 2.05) is 42.0 Å². The fourth-order valence-electron chi connectivity index (χ4n) is 1.65. The summed E-state index contributed by atoms with van der Waals surface area (Å²) < 4.78 is 4.00. The van der Waals surface area contributed by atoms with Gasteiger partial charge in [-0.3, -0.25) is 0 Å². The zero-order chi connectivity index (χ0) is 13.1. The van der Waals surface area contributed by atoms with E-state index in [2.05, 4.69) is 48.7 Å². The molecule has 5 heteroatoms. The van der Waals surface area contributed by atoms with E-state index < -0.39 is 0 Å². The van der Waals surface area contributed by atoms with Crippen molar-refractivity contribution in [1.82, 2.24) is 9.55 Å². The minimum Gasteiger partial charge on any atom is -0.324 e. The Hall–Kier alpha value is -1.07. The summed E-state index contributed by atoms with van der Waals surface area (Å²) in [6.45, 7) is 6.45. The summed E-state index contributed by atoms with van der Waals surface area (Å²) in [5.74, 6) is 0.806. The van der Waals surface area contributed by atoms with E-state index in [4.69, 9.17) is 0 Å². The summed E-state index contributed by atoms with van der Waals surface area (Å²) in [5, 5.41) is 3.33. The second kappa shape index (κ2) is 5.71. The van der Waals surface area contributed by atoms with Crippen molar-refractivity contribution >= 4 is 43.5 Å². The van der Waals surface area contributed by atoms with Crippen LogP contribution in [-0.4, -0.2) is 9.55 Å². The highest BCUT2D eigenvalue weighted by Gasteiger charge is 2.09. The molecule has 0 amide bonds. The van der Waals surface area contributed by atoms with Crippen molar-refractivity contribution in [3.8, 4) is 0 Å². The zero-order valence-corrected chi connectivity index (χ0v) is 13.1. The first kappa shape index (κ1) is 13.4. The third kappa shape index (κ3) is 2.84. The van der Waals surface area contributed by atoms with Crippen LogP contribution in [0.2, 0.25) is 0 Å². The highest BCUT2D eigenvalue weighted by atomic mass is 79.9. The van der Waals surface area contributed by atoms with Gasteiger partial charge in [0.25, 0.3) is 0 Å². The Morgan fingerprint density at radius 3 is 2.67 bits per heavy atom. The van der Waals surface area contributed by atoms with Crippen LogP contribution < -0.4 is 5.32 Å². The number of nitrogens with one attached hydrogen (secondary N) is 1. The lowest BCUT2D eigenvalue weighted by atomic mass is 10.3. The normalized spacial score (nSPS) is 10.4. The van der Waals surface area contributed by atoms with Gasteiger partial charge in [-0.1, -0.05) is 12.1 Å². The molecule has 0 saturated carbocycles. The lowest BCUT2D eigenvalue weighted by molar-refractivity contribution is 0.832. The summed E-state index contributed by atoms with van der Waals surface area (Å²) in [6.07, 6.45) is 3.84. The number of allylic oxidation sites excluding steroid dienone is 1. The fraction of sp³-hybridized carbons (Fsp3) is 0.154. The van der Waals surface area contributed by atoms with Crippen LogP contribution in [0, 0.1) is 6.92 Å². The number of rotatable bonds is 4. The molecule has 2 aromatic rings. The summed E-state index contributed by atoms with van der Waals surface area (Å²) in [5.41, 5.74) is 1.94. The van der Waals surface area contributed by atoms with Gasteiger partial charge in [-0.15, -0.1) is 6.58 Å². The number of benzene rings is 1. The van der Waals surface area contributed by atoms with Gasteiger partial charge in [0.2, 0.25) is 5.95 Å². The van der Waals surface area contributed by atoms with Crippen molar-refractivity contribution in [3.63, 3.8) is 0 Å². The van der Waals surface area contributed by atoms with Gasteiger partial charge < -0.3 is 9.88 Å². The highest BCUT2D eigenvalue weighted by molar-refractivity contribution is 9.11. The molecule has 2 rings (SSSR count). The Morgan fingerprint density at radius 1 is 1.39 bits per heavy atom. The van der Waals surface area contributed by atoms with Crippen LogP contribution in [-0.2, 0) is 6.54 Å². The Balaban J connectivity index is 2.36. The van der Waals surface area contributed by atoms with Crippen LogP contribution in [0.25, 0.3) is 0 Å². The molecule has 3 nitrogen and oxygen atoms in total. The van der Waals surface area contributed by atoms with Gasteiger partial charge in [-0.25, -0.2) is 4.98 Å². The highest BCUT2D eigenvalue weighted by Crippen LogP contribution is 2.32. The Labute approximate surface area is 123 Å². The van der Waals surface area contributed by atoms with Gasteiger partial charge in [-0.05, 0) is 50.9 Å². The molecule has 0 spiro atoms. The predicted molar refractivity (Wildman–Crippen MR) is 82.3 cm³/mol. The molecular formula is C13H13Br2N3. The van der Waals surface area contributed by atoms with Crippen molar-refractivity contribution in [2.24, 2.45) is 0 Å². The van der Waals surface area contributed by atoms with Crippen molar-refractivity contribution in [3.05, 3.63) is 51.7 Å². The van der Waals surface area contributed by atoms with Crippen LogP contribution in [0.15, 0.2) is 46.0 Å². The maximum Gasteiger partial charge on any atom is 0.207 e.